The molecule has 5 nitrogen and oxygen atoms in total. The minimum absolute atomic E-state index is 0.717. The minimum atomic E-state index is 0.717. The number of furan rings is 1. The molecule has 5 heteroatoms. The van der Waals surface area contributed by atoms with Crippen molar-refractivity contribution in [3.8, 4) is 11.5 Å². The number of hydrogen-bond acceptors (Lipinski definition) is 4. The molecule has 108 valence electrons. The topological polar surface area (TPSA) is 56.7 Å². The number of aryl methyl sites for hydroxylation is 1. The molecule has 4 rings (SSSR count). The van der Waals surface area contributed by atoms with E-state index in [1.54, 1.807) is 12.7 Å². The normalized spacial score (nSPS) is 11.1. The third-order valence-corrected chi connectivity index (χ3v) is 3.57. The predicted molar refractivity (Wildman–Crippen MR) is 83.3 cm³/mol. The highest BCUT2D eigenvalue weighted by atomic mass is 16.3. The Morgan fingerprint density at radius 3 is 2.64 bits per heavy atom. The zero-order valence-corrected chi connectivity index (χ0v) is 12.1. The van der Waals surface area contributed by atoms with Crippen molar-refractivity contribution < 1.29 is 4.42 Å². The number of fused-ring (bicyclic) bond motifs is 1. The van der Waals surface area contributed by atoms with Crippen molar-refractivity contribution in [3.05, 3.63) is 66.4 Å². The van der Waals surface area contributed by atoms with Gasteiger partial charge in [0.2, 0.25) is 0 Å². The maximum Gasteiger partial charge on any atom is 0.164 e. The Bertz CT molecular complexity index is 924. The van der Waals surface area contributed by atoms with Gasteiger partial charge in [-0.1, -0.05) is 30.3 Å². The standard InChI is InChI=1S/C17H14N4O/c1-12-7-8-14(22-12)15-16-17(19-10-18-15)21(11-20-16)9-13-5-3-2-4-6-13/h2-8,10-11H,9H2,1H3. The molecule has 4 aromatic rings. The lowest BCUT2D eigenvalue weighted by Gasteiger charge is -2.04. The lowest BCUT2D eigenvalue weighted by Crippen LogP contribution is -1.99. The van der Waals surface area contributed by atoms with Crippen LogP contribution in [0.3, 0.4) is 0 Å². The summed E-state index contributed by atoms with van der Waals surface area (Å²) in [5, 5.41) is 0. The summed E-state index contributed by atoms with van der Waals surface area (Å²) in [6.45, 7) is 2.64. The van der Waals surface area contributed by atoms with Gasteiger partial charge in [-0.15, -0.1) is 0 Å². The summed E-state index contributed by atoms with van der Waals surface area (Å²) in [6.07, 6.45) is 3.35. The predicted octanol–water partition coefficient (Wildman–Crippen LogP) is 3.44. The van der Waals surface area contributed by atoms with E-state index in [-0.39, 0.29) is 0 Å². The summed E-state index contributed by atoms with van der Waals surface area (Å²) in [7, 11) is 0. The van der Waals surface area contributed by atoms with Crippen molar-refractivity contribution in [2.75, 3.05) is 0 Å². The number of imidazole rings is 1. The molecule has 0 saturated carbocycles. The van der Waals surface area contributed by atoms with E-state index < -0.39 is 0 Å². The second kappa shape index (κ2) is 5.11. The van der Waals surface area contributed by atoms with E-state index in [4.69, 9.17) is 4.42 Å². The largest absolute Gasteiger partial charge is 0.460 e. The minimum Gasteiger partial charge on any atom is -0.460 e. The molecule has 0 spiro atoms. The van der Waals surface area contributed by atoms with Gasteiger partial charge in [-0.3, -0.25) is 0 Å². The summed E-state index contributed by atoms with van der Waals surface area (Å²) in [4.78, 5) is 13.2. The SMILES string of the molecule is Cc1ccc(-c2ncnc3c2ncn3Cc2ccccc2)o1. The highest BCUT2D eigenvalue weighted by Gasteiger charge is 2.14. The molecule has 1 aromatic carbocycles. The van der Waals surface area contributed by atoms with Crippen LogP contribution in [0.5, 0.6) is 0 Å². The molecule has 0 atom stereocenters. The molecule has 0 unspecified atom stereocenters. The Morgan fingerprint density at radius 1 is 1.00 bits per heavy atom. The van der Waals surface area contributed by atoms with Crippen LogP contribution in [0.1, 0.15) is 11.3 Å². The Morgan fingerprint density at radius 2 is 1.86 bits per heavy atom. The Kier molecular flexibility index (Phi) is 2.96. The first-order valence-electron chi connectivity index (χ1n) is 7.08. The summed E-state index contributed by atoms with van der Waals surface area (Å²) < 4.78 is 7.69. The van der Waals surface area contributed by atoms with Crippen molar-refractivity contribution in [1.29, 1.82) is 0 Å². The van der Waals surface area contributed by atoms with Gasteiger partial charge in [0.05, 0.1) is 12.9 Å². The molecule has 0 amide bonds. The van der Waals surface area contributed by atoms with Gasteiger partial charge in [0.1, 0.15) is 23.3 Å². The zero-order valence-electron chi connectivity index (χ0n) is 12.1. The van der Waals surface area contributed by atoms with Crippen LogP contribution in [0.4, 0.5) is 0 Å². The van der Waals surface area contributed by atoms with Gasteiger partial charge >= 0.3 is 0 Å². The molecule has 0 N–H and O–H groups in total. The second-order valence-corrected chi connectivity index (χ2v) is 5.16. The van der Waals surface area contributed by atoms with Crippen LogP contribution in [0, 0.1) is 6.92 Å². The van der Waals surface area contributed by atoms with Crippen molar-refractivity contribution in [1.82, 2.24) is 19.5 Å². The number of nitrogens with zero attached hydrogens (tertiary/aromatic N) is 4. The van der Waals surface area contributed by atoms with Crippen molar-refractivity contribution in [3.63, 3.8) is 0 Å². The van der Waals surface area contributed by atoms with Crippen LogP contribution >= 0.6 is 0 Å². The molecule has 0 aliphatic heterocycles. The molecular formula is C17H14N4O. The van der Waals surface area contributed by atoms with Crippen molar-refractivity contribution >= 4 is 11.2 Å². The van der Waals surface area contributed by atoms with Crippen molar-refractivity contribution in [2.45, 2.75) is 13.5 Å². The van der Waals surface area contributed by atoms with Crippen LogP contribution in [0.2, 0.25) is 0 Å². The van der Waals surface area contributed by atoms with Crippen LogP contribution in [0.15, 0.2) is 59.5 Å². The molecule has 0 aliphatic carbocycles. The van der Waals surface area contributed by atoms with Gasteiger partial charge in [-0.2, -0.15) is 0 Å². The smallest absolute Gasteiger partial charge is 0.164 e. The van der Waals surface area contributed by atoms with E-state index in [1.165, 1.54) is 5.56 Å². The molecule has 0 bridgehead atoms. The van der Waals surface area contributed by atoms with E-state index in [1.807, 2.05) is 41.8 Å². The zero-order chi connectivity index (χ0) is 14.9. The van der Waals surface area contributed by atoms with E-state index in [9.17, 15) is 0 Å². The van der Waals surface area contributed by atoms with Crippen LogP contribution in [-0.4, -0.2) is 19.5 Å². The average molecular weight is 290 g/mol. The second-order valence-electron chi connectivity index (χ2n) is 5.16. The fourth-order valence-corrected chi connectivity index (χ4v) is 2.52. The Labute approximate surface area is 127 Å². The van der Waals surface area contributed by atoms with Crippen LogP contribution < -0.4 is 0 Å². The fraction of sp³-hybridized carbons (Fsp3) is 0.118. The van der Waals surface area contributed by atoms with Gasteiger partial charge in [0.15, 0.2) is 11.4 Å². The molecule has 3 heterocycles. The van der Waals surface area contributed by atoms with E-state index in [0.717, 1.165) is 34.9 Å². The maximum atomic E-state index is 5.67. The number of benzene rings is 1. The van der Waals surface area contributed by atoms with Gasteiger partial charge in [0, 0.05) is 0 Å². The quantitative estimate of drug-likeness (QED) is 0.580. The van der Waals surface area contributed by atoms with E-state index in [0.29, 0.717) is 0 Å². The van der Waals surface area contributed by atoms with Gasteiger partial charge < -0.3 is 8.98 Å². The first kappa shape index (κ1) is 12.8. The number of aromatic nitrogens is 4. The van der Waals surface area contributed by atoms with Crippen LogP contribution in [-0.2, 0) is 6.54 Å². The fourth-order valence-electron chi connectivity index (χ4n) is 2.52. The molecule has 0 aliphatic rings. The first-order valence-corrected chi connectivity index (χ1v) is 7.08. The van der Waals surface area contributed by atoms with Crippen LogP contribution in [0.25, 0.3) is 22.6 Å². The third kappa shape index (κ3) is 2.16. The molecule has 22 heavy (non-hydrogen) atoms. The molecule has 0 fully saturated rings. The summed E-state index contributed by atoms with van der Waals surface area (Å²) >= 11 is 0. The third-order valence-electron chi connectivity index (χ3n) is 3.57. The number of hydrogen-bond donors (Lipinski definition) is 0. The summed E-state index contributed by atoms with van der Waals surface area (Å²) in [5.41, 5.74) is 3.50. The van der Waals surface area contributed by atoms with Crippen molar-refractivity contribution in [2.24, 2.45) is 0 Å². The first-order chi connectivity index (χ1) is 10.8. The lowest BCUT2D eigenvalue weighted by atomic mass is 10.2. The number of rotatable bonds is 3. The van der Waals surface area contributed by atoms with E-state index in [2.05, 4.69) is 27.1 Å². The maximum absolute atomic E-state index is 5.67. The van der Waals surface area contributed by atoms with Gasteiger partial charge in [-0.05, 0) is 24.6 Å². The molecule has 0 radical (unpaired) electrons. The monoisotopic (exact) mass is 290 g/mol. The highest BCUT2D eigenvalue weighted by Crippen LogP contribution is 2.26. The summed E-state index contributed by atoms with van der Waals surface area (Å²) in [6, 6.07) is 14.1. The van der Waals surface area contributed by atoms with Gasteiger partial charge in [-0.25, -0.2) is 15.0 Å². The van der Waals surface area contributed by atoms with E-state index >= 15 is 0 Å². The van der Waals surface area contributed by atoms with Gasteiger partial charge in [0.25, 0.3) is 0 Å². The molecule has 0 saturated heterocycles. The highest BCUT2D eigenvalue weighted by molar-refractivity contribution is 5.85. The average Bonchev–Trinajstić information content (AvgIpc) is 3.15. The Hall–Kier alpha value is -2.95. The summed E-state index contributed by atoms with van der Waals surface area (Å²) in [5.74, 6) is 1.57. The molecule has 3 aromatic heterocycles. The molecular weight excluding hydrogens is 276 g/mol. The Balaban J connectivity index is 1.80. The lowest BCUT2D eigenvalue weighted by molar-refractivity contribution is 0.547.